The van der Waals surface area contributed by atoms with E-state index in [1.807, 2.05) is 82.5 Å². The number of carbonyl (C=O) groups is 3. The number of nitrogens with zero attached hydrogens (tertiary/aromatic N) is 1. The lowest BCUT2D eigenvalue weighted by molar-refractivity contribution is -0.143. The second kappa shape index (κ2) is 13.5. The molecule has 0 fully saturated rings. The molecule has 2 atom stereocenters. The Hall–Kier alpha value is -3.00. The Bertz CT molecular complexity index is 1060. The Morgan fingerprint density at radius 2 is 1.62 bits per heavy atom. The molecule has 0 saturated heterocycles. The van der Waals surface area contributed by atoms with Crippen molar-refractivity contribution in [3.05, 3.63) is 65.2 Å². The van der Waals surface area contributed by atoms with E-state index in [0.717, 1.165) is 11.1 Å². The van der Waals surface area contributed by atoms with E-state index < -0.39 is 23.8 Å². The first-order valence-electron chi connectivity index (χ1n) is 12.6. The first-order valence-corrected chi connectivity index (χ1v) is 14.0. The highest BCUT2D eigenvalue weighted by Gasteiger charge is 2.37. The van der Waals surface area contributed by atoms with Crippen LogP contribution in [0.4, 0.5) is 10.5 Å². The van der Waals surface area contributed by atoms with Gasteiger partial charge in [-0.15, -0.1) is 0 Å². The van der Waals surface area contributed by atoms with Crippen molar-refractivity contribution in [3.8, 4) is 0 Å². The monoisotopic (exact) mass is 527 g/mol. The third kappa shape index (κ3) is 9.11. The van der Waals surface area contributed by atoms with Gasteiger partial charge >= 0.3 is 6.09 Å². The molecular weight excluding hydrogens is 486 g/mol. The maximum absolute atomic E-state index is 14.1. The fourth-order valence-electron chi connectivity index (χ4n) is 3.90. The number of rotatable bonds is 10. The fraction of sp³-hybridized carbons (Fsp3) is 0.483. The maximum Gasteiger partial charge on any atom is 0.408 e. The van der Waals surface area contributed by atoms with Crippen LogP contribution in [0.25, 0.3) is 0 Å². The molecule has 0 radical (unpaired) electrons. The summed E-state index contributed by atoms with van der Waals surface area (Å²) in [5.74, 6) is 0.00412. The van der Waals surface area contributed by atoms with Gasteiger partial charge in [0.25, 0.3) is 5.91 Å². The van der Waals surface area contributed by atoms with Crippen molar-refractivity contribution in [3.63, 3.8) is 0 Å². The largest absolute Gasteiger partial charge is 0.444 e. The van der Waals surface area contributed by atoms with Gasteiger partial charge in [0.05, 0.1) is 0 Å². The third-order valence-corrected chi connectivity index (χ3v) is 6.38. The summed E-state index contributed by atoms with van der Waals surface area (Å²) in [7, 11) is 0. The minimum Gasteiger partial charge on any atom is -0.444 e. The Morgan fingerprint density at radius 1 is 1.00 bits per heavy atom. The molecule has 0 saturated carbocycles. The summed E-state index contributed by atoms with van der Waals surface area (Å²) < 4.78 is 5.43. The maximum atomic E-state index is 14.1. The van der Waals surface area contributed by atoms with Crippen molar-refractivity contribution >= 4 is 35.4 Å². The molecule has 37 heavy (non-hydrogen) atoms. The molecule has 0 aliphatic carbocycles. The number of aryl methyl sites for hydroxylation is 2. The van der Waals surface area contributed by atoms with Crippen molar-refractivity contribution in [1.29, 1.82) is 0 Å². The van der Waals surface area contributed by atoms with Crippen LogP contribution in [0, 0.1) is 13.8 Å². The second-order valence-electron chi connectivity index (χ2n) is 10.4. The van der Waals surface area contributed by atoms with E-state index >= 15 is 0 Å². The van der Waals surface area contributed by atoms with E-state index in [0.29, 0.717) is 23.4 Å². The highest BCUT2D eigenvalue weighted by molar-refractivity contribution is 7.98. The Balaban J connectivity index is 2.49. The van der Waals surface area contributed by atoms with Gasteiger partial charge in [0, 0.05) is 11.7 Å². The summed E-state index contributed by atoms with van der Waals surface area (Å²) in [4.78, 5) is 42.1. The zero-order chi connectivity index (χ0) is 27.8. The molecule has 2 N–H and O–H groups in total. The second-order valence-corrected chi connectivity index (χ2v) is 11.4. The number of para-hydroxylation sites is 1. The van der Waals surface area contributed by atoms with Crippen LogP contribution in [0.2, 0.25) is 0 Å². The number of benzene rings is 2. The van der Waals surface area contributed by atoms with Gasteiger partial charge in [-0.1, -0.05) is 48.0 Å². The van der Waals surface area contributed by atoms with Crippen LogP contribution in [-0.2, 0) is 14.3 Å². The molecule has 0 aliphatic heterocycles. The van der Waals surface area contributed by atoms with E-state index in [1.54, 1.807) is 37.4 Å². The van der Waals surface area contributed by atoms with Crippen LogP contribution in [0.3, 0.4) is 0 Å². The minimum atomic E-state index is -0.898. The summed E-state index contributed by atoms with van der Waals surface area (Å²) in [6, 6.07) is 13.1. The summed E-state index contributed by atoms with van der Waals surface area (Å²) in [6.45, 7) is 13.0. The molecule has 2 aromatic rings. The van der Waals surface area contributed by atoms with Gasteiger partial charge in [-0.25, -0.2) is 4.79 Å². The molecule has 3 amide bonds. The van der Waals surface area contributed by atoms with Crippen LogP contribution < -0.4 is 10.6 Å². The normalized spacial score (nSPS) is 13.0. The molecule has 0 spiro atoms. The first kappa shape index (κ1) is 30.2. The predicted molar refractivity (Wildman–Crippen MR) is 152 cm³/mol. The van der Waals surface area contributed by atoms with Crippen LogP contribution in [0.15, 0.2) is 48.5 Å². The molecule has 0 heterocycles. The lowest BCUT2D eigenvalue weighted by Gasteiger charge is -2.37. The molecule has 2 unspecified atom stereocenters. The lowest BCUT2D eigenvalue weighted by atomic mass is 9.99. The molecule has 8 heteroatoms. The first-order chi connectivity index (χ1) is 17.3. The van der Waals surface area contributed by atoms with Crippen molar-refractivity contribution in [1.82, 2.24) is 10.2 Å². The SMILES string of the molecule is CSCCC(NC(=O)OC(C)(C)C)C(=O)N(C(C)C)C(C(=O)Nc1ccccc1C)c1ccc(C)cc1. The molecule has 202 valence electrons. The van der Waals surface area contributed by atoms with Gasteiger partial charge in [0.2, 0.25) is 5.91 Å². The van der Waals surface area contributed by atoms with E-state index in [1.165, 1.54) is 0 Å². The van der Waals surface area contributed by atoms with E-state index in [-0.39, 0.29) is 17.9 Å². The van der Waals surface area contributed by atoms with Crippen LogP contribution >= 0.6 is 11.8 Å². The Labute approximate surface area is 225 Å². The molecule has 2 rings (SSSR count). The van der Waals surface area contributed by atoms with Crippen molar-refractivity contribution in [2.45, 2.75) is 78.6 Å². The quantitative estimate of drug-likeness (QED) is 0.404. The number of hydrogen-bond acceptors (Lipinski definition) is 5. The Morgan fingerprint density at radius 3 is 2.16 bits per heavy atom. The van der Waals surface area contributed by atoms with E-state index in [9.17, 15) is 14.4 Å². The average molecular weight is 528 g/mol. The zero-order valence-electron chi connectivity index (χ0n) is 23.3. The van der Waals surface area contributed by atoms with Crippen molar-refractivity contribution < 1.29 is 19.1 Å². The standard InChI is InChI=1S/C29H41N3O4S/c1-19(2)32(27(34)24(17-18-37-8)31-28(35)36-29(5,6)7)25(22-15-13-20(3)14-16-22)26(33)30-23-12-10-9-11-21(23)4/h9-16,19,24-25H,17-18H2,1-8H3,(H,30,33)(H,31,35). The summed E-state index contributed by atoms with van der Waals surface area (Å²) in [5.41, 5.74) is 2.65. The molecule has 2 aromatic carbocycles. The minimum absolute atomic E-state index is 0.318. The number of nitrogens with one attached hydrogen (secondary N) is 2. The highest BCUT2D eigenvalue weighted by atomic mass is 32.2. The van der Waals surface area contributed by atoms with E-state index in [2.05, 4.69) is 10.6 Å². The number of hydrogen-bond donors (Lipinski definition) is 2. The topological polar surface area (TPSA) is 87.7 Å². The summed E-state index contributed by atoms with van der Waals surface area (Å²) in [6.07, 6.45) is 1.69. The highest BCUT2D eigenvalue weighted by Crippen LogP contribution is 2.28. The van der Waals surface area contributed by atoms with Crippen LogP contribution in [-0.4, -0.2) is 52.5 Å². The zero-order valence-corrected chi connectivity index (χ0v) is 24.1. The number of ether oxygens (including phenoxy) is 1. The number of anilines is 1. The van der Waals surface area contributed by atoms with Gasteiger partial charge < -0.3 is 20.3 Å². The van der Waals surface area contributed by atoms with Gasteiger partial charge in [-0.05, 0) is 84.1 Å². The summed E-state index contributed by atoms with van der Waals surface area (Å²) >= 11 is 1.58. The molecule has 0 aromatic heterocycles. The number of alkyl carbamates (subject to hydrolysis) is 1. The smallest absolute Gasteiger partial charge is 0.408 e. The van der Waals surface area contributed by atoms with Gasteiger partial charge in [-0.3, -0.25) is 9.59 Å². The van der Waals surface area contributed by atoms with Crippen molar-refractivity contribution in [2.75, 3.05) is 17.3 Å². The third-order valence-electron chi connectivity index (χ3n) is 5.73. The molecule has 0 aliphatic rings. The van der Waals surface area contributed by atoms with Gasteiger partial charge in [-0.2, -0.15) is 11.8 Å². The molecule has 7 nitrogen and oxygen atoms in total. The number of carbonyl (C=O) groups excluding carboxylic acids is 3. The molecule has 0 bridgehead atoms. The van der Waals surface area contributed by atoms with Gasteiger partial charge in [0.1, 0.15) is 17.7 Å². The summed E-state index contributed by atoms with van der Waals surface area (Å²) in [5, 5.41) is 5.78. The van der Waals surface area contributed by atoms with Crippen LogP contribution in [0.5, 0.6) is 0 Å². The predicted octanol–water partition coefficient (Wildman–Crippen LogP) is 5.87. The number of amides is 3. The average Bonchev–Trinajstić information content (AvgIpc) is 2.80. The molecular formula is C29H41N3O4S. The number of thioether (sulfide) groups is 1. The van der Waals surface area contributed by atoms with Crippen molar-refractivity contribution in [2.24, 2.45) is 0 Å². The van der Waals surface area contributed by atoms with Crippen LogP contribution in [0.1, 0.15) is 63.8 Å². The lowest BCUT2D eigenvalue weighted by Crippen LogP contribution is -2.54. The van der Waals surface area contributed by atoms with E-state index in [4.69, 9.17) is 4.74 Å². The van der Waals surface area contributed by atoms with Gasteiger partial charge in [0.15, 0.2) is 0 Å². The fourth-order valence-corrected chi connectivity index (χ4v) is 4.38. The Kier molecular flexibility index (Phi) is 11.0.